The largest absolute Gasteiger partial charge is 0.480 e. The molecule has 5 nitrogen and oxygen atoms in total. The van der Waals surface area contributed by atoms with Gasteiger partial charge in [0.05, 0.1) is 4.90 Å². The lowest BCUT2D eigenvalue weighted by Gasteiger charge is -2.14. The maximum absolute atomic E-state index is 11.9. The number of carbonyl (C=O) groups is 1. The molecule has 0 fully saturated rings. The van der Waals surface area contributed by atoms with E-state index < -0.39 is 22.0 Å². The summed E-state index contributed by atoms with van der Waals surface area (Å²) in [7, 11) is -3.77. The third-order valence-corrected chi connectivity index (χ3v) is 3.98. The molecule has 1 rings (SSSR count). The van der Waals surface area contributed by atoms with Crippen LogP contribution in [-0.2, 0) is 14.8 Å². The molecule has 0 unspecified atom stereocenters. The van der Waals surface area contributed by atoms with Crippen LogP contribution in [0.5, 0.6) is 0 Å². The molecule has 2 N–H and O–H groups in total. The maximum atomic E-state index is 11.9. The van der Waals surface area contributed by atoms with E-state index >= 15 is 0 Å². The third-order valence-electron chi connectivity index (χ3n) is 2.50. The van der Waals surface area contributed by atoms with Crippen molar-refractivity contribution in [1.82, 2.24) is 4.72 Å². The molecule has 18 heavy (non-hydrogen) atoms. The molecule has 0 amide bonds. The van der Waals surface area contributed by atoms with Gasteiger partial charge in [0.1, 0.15) is 6.04 Å². The number of hydrogen-bond donors (Lipinski definition) is 2. The molecule has 0 radical (unpaired) electrons. The van der Waals surface area contributed by atoms with Crippen molar-refractivity contribution in [2.75, 3.05) is 0 Å². The fraction of sp³-hybridized carbons (Fsp3) is 0.417. The van der Waals surface area contributed by atoms with Gasteiger partial charge in [-0.3, -0.25) is 4.79 Å². The first-order chi connectivity index (χ1) is 8.47. The van der Waals surface area contributed by atoms with Gasteiger partial charge in [-0.2, -0.15) is 4.72 Å². The Kier molecular flexibility index (Phi) is 5.30. The Morgan fingerprint density at radius 2 is 1.94 bits per heavy atom. The van der Waals surface area contributed by atoms with E-state index in [0.29, 0.717) is 6.42 Å². The van der Waals surface area contributed by atoms with Gasteiger partial charge in [-0.15, -0.1) is 0 Å². The summed E-state index contributed by atoms with van der Waals surface area (Å²) >= 11 is 0. The standard InChI is InChI=1S/C12H17NO4S/c1-2-3-9-11(12(14)15)13-18(16,17)10-7-5-4-6-8-10/h4-8,11,13H,2-3,9H2,1H3,(H,14,15)/t11-/m1/s1. The van der Waals surface area contributed by atoms with Crippen LogP contribution in [0.15, 0.2) is 35.2 Å². The predicted octanol–water partition coefficient (Wildman–Crippen LogP) is 1.61. The second-order valence-corrected chi connectivity index (χ2v) is 5.68. The van der Waals surface area contributed by atoms with E-state index in [2.05, 4.69) is 4.72 Å². The highest BCUT2D eigenvalue weighted by molar-refractivity contribution is 7.89. The van der Waals surface area contributed by atoms with Crippen LogP contribution in [0.2, 0.25) is 0 Å². The second-order valence-electron chi connectivity index (χ2n) is 3.97. The SMILES string of the molecule is CCCC[C@@H](NS(=O)(=O)c1ccccc1)C(=O)O. The molecule has 0 bridgehead atoms. The molecule has 1 aromatic rings. The van der Waals surface area contributed by atoms with Crippen molar-refractivity contribution in [3.8, 4) is 0 Å². The smallest absolute Gasteiger partial charge is 0.321 e. The molecule has 0 aromatic heterocycles. The van der Waals surface area contributed by atoms with Crippen molar-refractivity contribution in [3.63, 3.8) is 0 Å². The lowest BCUT2D eigenvalue weighted by molar-refractivity contribution is -0.139. The first-order valence-corrected chi connectivity index (χ1v) is 7.26. The molecule has 100 valence electrons. The molecular formula is C12H17NO4S. The molecule has 0 saturated heterocycles. The van der Waals surface area contributed by atoms with Crippen molar-refractivity contribution < 1.29 is 18.3 Å². The van der Waals surface area contributed by atoms with E-state index in [1.54, 1.807) is 18.2 Å². The topological polar surface area (TPSA) is 83.5 Å². The zero-order chi connectivity index (χ0) is 13.6. The lowest BCUT2D eigenvalue weighted by atomic mass is 10.1. The second kappa shape index (κ2) is 6.51. The summed E-state index contributed by atoms with van der Waals surface area (Å²) in [5.74, 6) is -1.15. The quantitative estimate of drug-likeness (QED) is 0.789. The number of carboxylic acids is 1. The Morgan fingerprint density at radius 1 is 1.33 bits per heavy atom. The summed E-state index contributed by atoms with van der Waals surface area (Å²) in [4.78, 5) is 11.1. The fourth-order valence-electron chi connectivity index (χ4n) is 1.50. The predicted molar refractivity (Wildman–Crippen MR) is 67.7 cm³/mol. The number of benzene rings is 1. The van der Waals surface area contributed by atoms with Crippen LogP contribution in [0.3, 0.4) is 0 Å². The van der Waals surface area contributed by atoms with Crippen molar-refractivity contribution in [2.24, 2.45) is 0 Å². The minimum absolute atomic E-state index is 0.0766. The van der Waals surface area contributed by atoms with Gasteiger partial charge in [-0.1, -0.05) is 38.0 Å². The average molecular weight is 271 g/mol. The van der Waals surface area contributed by atoms with E-state index in [1.807, 2.05) is 6.92 Å². The Morgan fingerprint density at radius 3 is 2.44 bits per heavy atom. The van der Waals surface area contributed by atoms with Crippen LogP contribution in [0, 0.1) is 0 Å². The first kappa shape index (κ1) is 14.7. The summed E-state index contributed by atoms with van der Waals surface area (Å²) in [6, 6.07) is 6.68. The zero-order valence-corrected chi connectivity index (χ0v) is 11.0. The molecule has 0 saturated carbocycles. The van der Waals surface area contributed by atoms with Gasteiger partial charge < -0.3 is 5.11 Å². The van der Waals surface area contributed by atoms with E-state index in [1.165, 1.54) is 12.1 Å². The molecular weight excluding hydrogens is 254 g/mol. The highest BCUT2D eigenvalue weighted by Gasteiger charge is 2.24. The van der Waals surface area contributed by atoms with Gasteiger partial charge in [0.15, 0.2) is 0 Å². The third kappa shape index (κ3) is 4.12. The molecule has 1 atom stereocenters. The average Bonchev–Trinajstić information content (AvgIpc) is 2.35. The van der Waals surface area contributed by atoms with Crippen LogP contribution in [0.25, 0.3) is 0 Å². The van der Waals surface area contributed by atoms with Crippen LogP contribution >= 0.6 is 0 Å². The van der Waals surface area contributed by atoms with Gasteiger partial charge in [0.2, 0.25) is 10.0 Å². The summed E-state index contributed by atoms with van der Waals surface area (Å²) < 4.78 is 26.1. The van der Waals surface area contributed by atoms with E-state index in [-0.39, 0.29) is 11.3 Å². The van der Waals surface area contributed by atoms with E-state index in [4.69, 9.17) is 5.11 Å². The number of hydrogen-bond acceptors (Lipinski definition) is 3. The molecule has 1 aromatic carbocycles. The number of nitrogens with one attached hydrogen (secondary N) is 1. The Bertz CT molecular complexity index is 484. The van der Waals surface area contributed by atoms with Crippen LogP contribution < -0.4 is 4.72 Å². The number of unbranched alkanes of at least 4 members (excludes halogenated alkanes) is 1. The van der Waals surface area contributed by atoms with Crippen LogP contribution in [0.1, 0.15) is 26.2 Å². The molecule has 0 aliphatic carbocycles. The van der Waals surface area contributed by atoms with E-state index in [9.17, 15) is 13.2 Å². The summed E-state index contributed by atoms with van der Waals surface area (Å²) in [6.07, 6.45) is 1.77. The van der Waals surface area contributed by atoms with E-state index in [0.717, 1.165) is 6.42 Å². The van der Waals surface area contributed by atoms with Gasteiger partial charge in [-0.25, -0.2) is 8.42 Å². The Balaban J connectivity index is 2.83. The molecule has 0 heterocycles. The molecule has 6 heteroatoms. The lowest BCUT2D eigenvalue weighted by Crippen LogP contribution is -2.40. The maximum Gasteiger partial charge on any atom is 0.321 e. The van der Waals surface area contributed by atoms with Gasteiger partial charge in [0.25, 0.3) is 0 Å². The number of aliphatic carboxylic acids is 1. The van der Waals surface area contributed by atoms with Crippen molar-refractivity contribution in [2.45, 2.75) is 37.1 Å². The Labute approximate surface area is 107 Å². The highest BCUT2D eigenvalue weighted by atomic mass is 32.2. The summed E-state index contributed by atoms with van der Waals surface area (Å²) in [5, 5.41) is 8.98. The number of carboxylic acid groups (broad SMARTS) is 1. The van der Waals surface area contributed by atoms with Gasteiger partial charge in [-0.05, 0) is 18.6 Å². The van der Waals surface area contributed by atoms with Crippen LogP contribution in [-0.4, -0.2) is 25.5 Å². The minimum Gasteiger partial charge on any atom is -0.480 e. The minimum atomic E-state index is -3.77. The Hall–Kier alpha value is -1.40. The summed E-state index contributed by atoms with van der Waals surface area (Å²) in [5.41, 5.74) is 0. The molecule has 0 aliphatic heterocycles. The normalized spacial score (nSPS) is 13.2. The van der Waals surface area contributed by atoms with Crippen LogP contribution in [0.4, 0.5) is 0 Å². The first-order valence-electron chi connectivity index (χ1n) is 5.77. The monoisotopic (exact) mass is 271 g/mol. The van der Waals surface area contributed by atoms with Crippen molar-refractivity contribution in [1.29, 1.82) is 0 Å². The summed E-state index contributed by atoms with van der Waals surface area (Å²) in [6.45, 7) is 1.92. The molecule has 0 aliphatic rings. The zero-order valence-electron chi connectivity index (χ0n) is 10.2. The highest BCUT2D eigenvalue weighted by Crippen LogP contribution is 2.10. The number of sulfonamides is 1. The van der Waals surface area contributed by atoms with Gasteiger partial charge >= 0.3 is 5.97 Å². The fourth-order valence-corrected chi connectivity index (χ4v) is 2.74. The van der Waals surface area contributed by atoms with Crippen molar-refractivity contribution >= 4 is 16.0 Å². The van der Waals surface area contributed by atoms with Gasteiger partial charge in [0, 0.05) is 0 Å². The molecule has 0 spiro atoms. The number of rotatable bonds is 7. The van der Waals surface area contributed by atoms with Crippen molar-refractivity contribution in [3.05, 3.63) is 30.3 Å².